The van der Waals surface area contributed by atoms with Crippen molar-refractivity contribution >= 4 is 12.0 Å². The number of carbonyl (C=O) groups is 2. The lowest BCUT2D eigenvalue weighted by molar-refractivity contribution is -0.130. The third-order valence-electron chi connectivity index (χ3n) is 1.55. The number of imide groups is 1. The second-order valence-corrected chi connectivity index (χ2v) is 2.91. The van der Waals surface area contributed by atoms with Crippen molar-refractivity contribution in [3.05, 3.63) is 0 Å². The zero-order valence-corrected chi connectivity index (χ0v) is 8.66. The zero-order chi connectivity index (χ0) is 10.4. The van der Waals surface area contributed by atoms with Crippen molar-refractivity contribution < 1.29 is 14.3 Å². The van der Waals surface area contributed by atoms with Crippen molar-refractivity contribution in [2.45, 2.75) is 40.2 Å². The molecule has 0 bridgehead atoms. The molecule has 0 aromatic rings. The number of rotatable bonds is 3. The molecule has 0 aliphatic rings. The standard InChI is InChI=1S/C9H17NO3/c1-5-8(11)10(7(3)4)9(12)13-6-2/h7H,5-6H2,1-4H3. The number of ether oxygens (including phenoxy) is 1. The first-order valence-electron chi connectivity index (χ1n) is 4.53. The van der Waals surface area contributed by atoms with Crippen molar-refractivity contribution in [1.82, 2.24) is 4.90 Å². The summed E-state index contributed by atoms with van der Waals surface area (Å²) in [6, 6.07) is -0.147. The van der Waals surface area contributed by atoms with Crippen molar-refractivity contribution in [1.29, 1.82) is 0 Å². The summed E-state index contributed by atoms with van der Waals surface area (Å²) in [7, 11) is 0. The monoisotopic (exact) mass is 187 g/mol. The fraction of sp³-hybridized carbons (Fsp3) is 0.778. The van der Waals surface area contributed by atoms with E-state index in [2.05, 4.69) is 0 Å². The summed E-state index contributed by atoms with van der Waals surface area (Å²) in [6.45, 7) is 7.29. The van der Waals surface area contributed by atoms with E-state index >= 15 is 0 Å². The van der Waals surface area contributed by atoms with Gasteiger partial charge in [0.1, 0.15) is 0 Å². The number of amides is 2. The van der Waals surface area contributed by atoms with E-state index in [0.29, 0.717) is 13.0 Å². The molecule has 0 aliphatic heterocycles. The van der Waals surface area contributed by atoms with E-state index in [4.69, 9.17) is 4.74 Å². The first-order valence-corrected chi connectivity index (χ1v) is 4.53. The molecule has 0 saturated heterocycles. The molecule has 0 unspecified atom stereocenters. The number of hydrogen-bond acceptors (Lipinski definition) is 3. The molecule has 0 aliphatic carbocycles. The molecule has 0 radical (unpaired) electrons. The van der Waals surface area contributed by atoms with E-state index in [1.165, 1.54) is 0 Å². The first kappa shape index (κ1) is 11.9. The van der Waals surface area contributed by atoms with Gasteiger partial charge in [-0.3, -0.25) is 4.79 Å². The fourth-order valence-corrected chi connectivity index (χ4v) is 0.964. The third kappa shape index (κ3) is 3.44. The summed E-state index contributed by atoms with van der Waals surface area (Å²) >= 11 is 0. The molecule has 0 aromatic heterocycles. The van der Waals surface area contributed by atoms with Gasteiger partial charge < -0.3 is 4.74 Å². The SMILES string of the molecule is CCOC(=O)N(C(=O)CC)C(C)C. The topological polar surface area (TPSA) is 46.6 Å². The van der Waals surface area contributed by atoms with Crippen LogP contribution in [0.1, 0.15) is 34.1 Å². The van der Waals surface area contributed by atoms with Crippen LogP contribution in [-0.2, 0) is 9.53 Å². The van der Waals surface area contributed by atoms with E-state index in [9.17, 15) is 9.59 Å². The molecule has 0 spiro atoms. The minimum absolute atomic E-state index is 0.147. The second-order valence-electron chi connectivity index (χ2n) is 2.91. The normalized spacial score (nSPS) is 9.92. The highest BCUT2D eigenvalue weighted by Gasteiger charge is 2.23. The van der Waals surface area contributed by atoms with Crippen LogP contribution in [0.25, 0.3) is 0 Å². The lowest BCUT2D eigenvalue weighted by atomic mass is 10.3. The molecule has 0 N–H and O–H groups in total. The van der Waals surface area contributed by atoms with E-state index in [1.54, 1.807) is 27.7 Å². The maximum Gasteiger partial charge on any atom is 0.416 e. The molecule has 0 saturated carbocycles. The minimum Gasteiger partial charge on any atom is -0.449 e. The van der Waals surface area contributed by atoms with Crippen LogP contribution in [0, 0.1) is 0 Å². The Labute approximate surface area is 78.9 Å². The van der Waals surface area contributed by atoms with Crippen molar-refractivity contribution in [3.8, 4) is 0 Å². The van der Waals surface area contributed by atoms with Gasteiger partial charge in [0.05, 0.1) is 6.61 Å². The summed E-state index contributed by atoms with van der Waals surface area (Å²) < 4.78 is 4.75. The zero-order valence-electron chi connectivity index (χ0n) is 8.66. The van der Waals surface area contributed by atoms with Gasteiger partial charge in [-0.15, -0.1) is 0 Å². The Bertz CT molecular complexity index is 189. The Morgan fingerprint density at radius 1 is 1.31 bits per heavy atom. The Balaban J connectivity index is 4.41. The Morgan fingerprint density at radius 3 is 2.15 bits per heavy atom. The van der Waals surface area contributed by atoms with Crippen LogP contribution in [0.3, 0.4) is 0 Å². The first-order chi connectivity index (χ1) is 6.04. The molecule has 0 aromatic carbocycles. The van der Waals surface area contributed by atoms with Gasteiger partial charge in [-0.2, -0.15) is 0 Å². The van der Waals surface area contributed by atoms with Crippen molar-refractivity contribution in [3.63, 3.8) is 0 Å². The van der Waals surface area contributed by atoms with E-state index < -0.39 is 6.09 Å². The van der Waals surface area contributed by atoms with Gasteiger partial charge in [-0.1, -0.05) is 6.92 Å². The summed E-state index contributed by atoms with van der Waals surface area (Å²) in [5, 5.41) is 0. The average molecular weight is 187 g/mol. The van der Waals surface area contributed by atoms with Gasteiger partial charge in [0.2, 0.25) is 5.91 Å². The third-order valence-corrected chi connectivity index (χ3v) is 1.55. The molecule has 4 nitrogen and oxygen atoms in total. The van der Waals surface area contributed by atoms with E-state index in [0.717, 1.165) is 4.90 Å². The minimum atomic E-state index is -0.552. The number of hydrogen-bond donors (Lipinski definition) is 0. The van der Waals surface area contributed by atoms with Crippen LogP contribution in [-0.4, -0.2) is 29.5 Å². The lowest BCUT2D eigenvalue weighted by Crippen LogP contribution is -2.41. The van der Waals surface area contributed by atoms with Gasteiger partial charge in [-0.25, -0.2) is 9.69 Å². The molecule has 2 amide bonds. The van der Waals surface area contributed by atoms with Gasteiger partial charge in [0, 0.05) is 12.5 Å². The molecule has 0 atom stereocenters. The maximum atomic E-state index is 11.3. The molecule has 13 heavy (non-hydrogen) atoms. The summed E-state index contributed by atoms with van der Waals surface area (Å²) in [5.74, 6) is -0.201. The molecule has 76 valence electrons. The van der Waals surface area contributed by atoms with Crippen LogP contribution in [0.4, 0.5) is 4.79 Å². The van der Waals surface area contributed by atoms with Gasteiger partial charge in [-0.05, 0) is 20.8 Å². The second kappa shape index (κ2) is 5.56. The Morgan fingerprint density at radius 2 is 1.85 bits per heavy atom. The molecule has 4 heteroatoms. The summed E-state index contributed by atoms with van der Waals surface area (Å²) in [5.41, 5.74) is 0. The van der Waals surface area contributed by atoms with Crippen LogP contribution >= 0.6 is 0 Å². The summed E-state index contributed by atoms with van der Waals surface area (Å²) in [4.78, 5) is 23.7. The Hall–Kier alpha value is -1.06. The van der Waals surface area contributed by atoms with Gasteiger partial charge in [0.15, 0.2) is 0 Å². The predicted molar refractivity (Wildman–Crippen MR) is 49.3 cm³/mol. The van der Waals surface area contributed by atoms with Gasteiger partial charge in [0.25, 0.3) is 0 Å². The smallest absolute Gasteiger partial charge is 0.416 e. The van der Waals surface area contributed by atoms with Crippen LogP contribution in [0.15, 0.2) is 0 Å². The highest BCUT2D eigenvalue weighted by molar-refractivity contribution is 5.92. The number of nitrogens with zero attached hydrogens (tertiary/aromatic N) is 1. The Kier molecular flexibility index (Phi) is 5.11. The van der Waals surface area contributed by atoms with Crippen molar-refractivity contribution in [2.75, 3.05) is 6.61 Å². The highest BCUT2D eigenvalue weighted by Crippen LogP contribution is 2.04. The fourth-order valence-electron chi connectivity index (χ4n) is 0.964. The lowest BCUT2D eigenvalue weighted by Gasteiger charge is -2.22. The quantitative estimate of drug-likeness (QED) is 0.676. The molecular formula is C9H17NO3. The van der Waals surface area contributed by atoms with Crippen molar-refractivity contribution in [2.24, 2.45) is 0 Å². The predicted octanol–water partition coefficient (Wildman–Crippen LogP) is 1.79. The van der Waals surface area contributed by atoms with Crippen LogP contribution in [0.2, 0.25) is 0 Å². The molecule has 0 heterocycles. The van der Waals surface area contributed by atoms with Crippen LogP contribution < -0.4 is 0 Å². The number of carbonyl (C=O) groups excluding carboxylic acids is 2. The van der Waals surface area contributed by atoms with Gasteiger partial charge >= 0.3 is 6.09 Å². The summed E-state index contributed by atoms with van der Waals surface area (Å²) in [6.07, 6.45) is -0.235. The average Bonchev–Trinajstić information content (AvgIpc) is 2.04. The largest absolute Gasteiger partial charge is 0.449 e. The van der Waals surface area contributed by atoms with E-state index in [1.807, 2.05) is 0 Å². The molecular weight excluding hydrogens is 170 g/mol. The highest BCUT2D eigenvalue weighted by atomic mass is 16.6. The molecule has 0 rings (SSSR count). The van der Waals surface area contributed by atoms with Crippen LogP contribution in [0.5, 0.6) is 0 Å². The molecule has 0 fully saturated rings. The van der Waals surface area contributed by atoms with E-state index in [-0.39, 0.29) is 11.9 Å². The maximum absolute atomic E-state index is 11.3.